The van der Waals surface area contributed by atoms with Crippen molar-refractivity contribution in [1.29, 1.82) is 0 Å². The number of hydrogen-bond donors (Lipinski definition) is 1. The zero-order valence-corrected chi connectivity index (χ0v) is 10.1. The number of hydrogen-bond acceptors (Lipinski definition) is 3. The Morgan fingerprint density at radius 2 is 2.18 bits per heavy atom. The highest BCUT2D eigenvalue weighted by Gasteiger charge is 2.16. The predicted octanol–water partition coefficient (Wildman–Crippen LogP) is 1.75. The molecule has 2 aromatic rings. The van der Waals surface area contributed by atoms with Crippen molar-refractivity contribution in [2.75, 3.05) is 13.7 Å². The molecule has 1 aromatic heterocycles. The van der Waals surface area contributed by atoms with Gasteiger partial charge in [-0.2, -0.15) is 5.10 Å². The monoisotopic (exact) mass is 231 g/mol. The fourth-order valence-corrected chi connectivity index (χ4v) is 1.92. The number of methoxy groups -OCH3 is 1. The van der Waals surface area contributed by atoms with Crippen molar-refractivity contribution in [3.63, 3.8) is 0 Å². The molecule has 1 unspecified atom stereocenters. The van der Waals surface area contributed by atoms with Gasteiger partial charge in [-0.15, -0.1) is 0 Å². The molecule has 17 heavy (non-hydrogen) atoms. The Morgan fingerprint density at radius 1 is 1.41 bits per heavy atom. The quantitative estimate of drug-likeness (QED) is 0.872. The maximum atomic E-state index is 5.85. The third-order valence-corrected chi connectivity index (χ3v) is 2.77. The minimum Gasteiger partial charge on any atom is -0.496 e. The number of nitrogens with zero attached hydrogens (tertiary/aromatic N) is 2. The SMILES string of the molecule is COc1ccccc1C(CN)n1cc(C)cn1. The van der Waals surface area contributed by atoms with E-state index in [0.717, 1.165) is 16.9 Å². The van der Waals surface area contributed by atoms with E-state index in [9.17, 15) is 0 Å². The van der Waals surface area contributed by atoms with Crippen molar-refractivity contribution in [3.8, 4) is 5.75 Å². The average Bonchev–Trinajstić information content (AvgIpc) is 2.77. The highest BCUT2D eigenvalue weighted by atomic mass is 16.5. The smallest absolute Gasteiger partial charge is 0.124 e. The number of ether oxygens (including phenoxy) is 1. The summed E-state index contributed by atoms with van der Waals surface area (Å²) in [6.07, 6.45) is 3.82. The molecule has 0 aliphatic heterocycles. The molecule has 0 bridgehead atoms. The van der Waals surface area contributed by atoms with Crippen molar-refractivity contribution in [1.82, 2.24) is 9.78 Å². The average molecular weight is 231 g/mol. The van der Waals surface area contributed by atoms with Gasteiger partial charge in [-0.3, -0.25) is 4.68 Å². The summed E-state index contributed by atoms with van der Waals surface area (Å²) in [7, 11) is 1.67. The zero-order valence-electron chi connectivity index (χ0n) is 10.1. The topological polar surface area (TPSA) is 53.1 Å². The molecule has 0 saturated carbocycles. The molecule has 0 aliphatic rings. The Labute approximate surface area is 101 Å². The maximum Gasteiger partial charge on any atom is 0.124 e. The van der Waals surface area contributed by atoms with Gasteiger partial charge in [-0.05, 0) is 18.6 Å². The van der Waals surface area contributed by atoms with E-state index < -0.39 is 0 Å². The van der Waals surface area contributed by atoms with Crippen molar-refractivity contribution in [3.05, 3.63) is 47.8 Å². The van der Waals surface area contributed by atoms with Gasteiger partial charge in [0.25, 0.3) is 0 Å². The maximum absolute atomic E-state index is 5.85. The van der Waals surface area contributed by atoms with Gasteiger partial charge in [0, 0.05) is 18.3 Å². The van der Waals surface area contributed by atoms with Gasteiger partial charge in [-0.1, -0.05) is 18.2 Å². The van der Waals surface area contributed by atoms with Gasteiger partial charge in [0.2, 0.25) is 0 Å². The molecule has 90 valence electrons. The highest BCUT2D eigenvalue weighted by molar-refractivity contribution is 5.36. The number of nitrogens with two attached hydrogens (primary N) is 1. The molecular weight excluding hydrogens is 214 g/mol. The standard InChI is InChI=1S/C13H17N3O/c1-10-8-15-16(9-10)12(7-14)11-5-3-4-6-13(11)17-2/h3-6,8-9,12H,7,14H2,1-2H3. The summed E-state index contributed by atoms with van der Waals surface area (Å²) in [5.74, 6) is 0.844. The van der Waals surface area contributed by atoms with Crippen LogP contribution in [0.4, 0.5) is 0 Å². The molecule has 1 heterocycles. The molecule has 0 saturated heterocycles. The van der Waals surface area contributed by atoms with Gasteiger partial charge in [-0.25, -0.2) is 0 Å². The fourth-order valence-electron chi connectivity index (χ4n) is 1.92. The molecule has 0 amide bonds. The first-order chi connectivity index (χ1) is 8.26. The minimum atomic E-state index is 0.0137. The van der Waals surface area contributed by atoms with Crippen LogP contribution >= 0.6 is 0 Å². The Hall–Kier alpha value is -1.81. The molecule has 0 aliphatic carbocycles. The fraction of sp³-hybridized carbons (Fsp3) is 0.308. The normalized spacial score (nSPS) is 12.4. The second kappa shape index (κ2) is 5.01. The Bertz CT molecular complexity index is 493. The van der Waals surface area contributed by atoms with E-state index in [0.29, 0.717) is 6.54 Å². The van der Waals surface area contributed by atoms with Gasteiger partial charge in [0.05, 0.1) is 19.3 Å². The summed E-state index contributed by atoms with van der Waals surface area (Å²) < 4.78 is 7.24. The highest BCUT2D eigenvalue weighted by Crippen LogP contribution is 2.26. The van der Waals surface area contributed by atoms with Crippen LogP contribution in [0.15, 0.2) is 36.7 Å². The molecule has 0 spiro atoms. The van der Waals surface area contributed by atoms with Crippen molar-refractivity contribution in [2.45, 2.75) is 13.0 Å². The van der Waals surface area contributed by atoms with Crippen LogP contribution in [0.1, 0.15) is 17.2 Å². The van der Waals surface area contributed by atoms with Crippen molar-refractivity contribution >= 4 is 0 Å². The number of aryl methyl sites for hydroxylation is 1. The molecule has 4 heteroatoms. The van der Waals surface area contributed by atoms with Crippen LogP contribution in [-0.2, 0) is 0 Å². The zero-order chi connectivity index (χ0) is 12.3. The van der Waals surface area contributed by atoms with Gasteiger partial charge in [0.1, 0.15) is 5.75 Å². The van der Waals surface area contributed by atoms with E-state index >= 15 is 0 Å². The molecular formula is C13H17N3O. The first-order valence-electron chi connectivity index (χ1n) is 5.60. The van der Waals surface area contributed by atoms with Crippen LogP contribution in [0.3, 0.4) is 0 Å². The molecule has 4 nitrogen and oxygen atoms in total. The molecule has 2 rings (SSSR count). The van der Waals surface area contributed by atoms with Crippen LogP contribution in [0.5, 0.6) is 5.75 Å². The Balaban J connectivity index is 2.41. The van der Waals surface area contributed by atoms with Crippen molar-refractivity contribution < 1.29 is 4.74 Å². The minimum absolute atomic E-state index is 0.0137. The summed E-state index contributed by atoms with van der Waals surface area (Å²) in [6, 6.07) is 7.91. The van der Waals surface area contributed by atoms with Crippen LogP contribution < -0.4 is 10.5 Å². The Kier molecular flexibility index (Phi) is 3.44. The lowest BCUT2D eigenvalue weighted by atomic mass is 10.1. The van der Waals surface area contributed by atoms with Crippen molar-refractivity contribution in [2.24, 2.45) is 5.73 Å². The number of benzene rings is 1. The summed E-state index contributed by atoms with van der Waals surface area (Å²) >= 11 is 0. The van der Waals surface area contributed by atoms with E-state index in [-0.39, 0.29) is 6.04 Å². The third-order valence-electron chi connectivity index (χ3n) is 2.77. The Morgan fingerprint density at radius 3 is 2.76 bits per heavy atom. The first-order valence-corrected chi connectivity index (χ1v) is 5.60. The van der Waals surface area contributed by atoms with Crippen LogP contribution in [0.2, 0.25) is 0 Å². The second-order valence-corrected chi connectivity index (χ2v) is 3.99. The van der Waals surface area contributed by atoms with E-state index in [4.69, 9.17) is 10.5 Å². The van der Waals surface area contributed by atoms with Crippen LogP contribution in [0, 0.1) is 6.92 Å². The summed E-state index contributed by atoms with van der Waals surface area (Å²) in [6.45, 7) is 2.50. The second-order valence-electron chi connectivity index (χ2n) is 3.99. The lowest BCUT2D eigenvalue weighted by molar-refractivity contribution is 0.398. The molecule has 0 fully saturated rings. The third kappa shape index (κ3) is 2.31. The summed E-state index contributed by atoms with van der Waals surface area (Å²) in [5.41, 5.74) is 8.03. The van der Waals surface area contributed by atoms with E-state index in [1.807, 2.05) is 48.3 Å². The molecule has 1 aromatic carbocycles. The number of para-hydroxylation sites is 1. The molecule has 0 radical (unpaired) electrons. The van der Waals surface area contributed by atoms with E-state index in [1.165, 1.54) is 0 Å². The van der Waals surface area contributed by atoms with E-state index in [1.54, 1.807) is 7.11 Å². The molecule has 1 atom stereocenters. The van der Waals surface area contributed by atoms with E-state index in [2.05, 4.69) is 5.10 Å². The number of aromatic nitrogens is 2. The van der Waals surface area contributed by atoms with Gasteiger partial charge < -0.3 is 10.5 Å². The first kappa shape index (κ1) is 11.7. The van der Waals surface area contributed by atoms with Crippen LogP contribution in [0.25, 0.3) is 0 Å². The predicted molar refractivity (Wildman–Crippen MR) is 67.2 cm³/mol. The summed E-state index contributed by atoms with van der Waals surface area (Å²) in [5, 5.41) is 4.32. The summed E-state index contributed by atoms with van der Waals surface area (Å²) in [4.78, 5) is 0. The lowest BCUT2D eigenvalue weighted by Crippen LogP contribution is -2.21. The van der Waals surface area contributed by atoms with Gasteiger partial charge in [0.15, 0.2) is 0 Å². The number of rotatable bonds is 4. The largest absolute Gasteiger partial charge is 0.496 e. The van der Waals surface area contributed by atoms with Crippen LogP contribution in [-0.4, -0.2) is 23.4 Å². The molecule has 2 N–H and O–H groups in total. The van der Waals surface area contributed by atoms with Gasteiger partial charge >= 0.3 is 0 Å². The lowest BCUT2D eigenvalue weighted by Gasteiger charge is -2.18.